The highest BCUT2D eigenvalue weighted by molar-refractivity contribution is 5.51. The van der Waals surface area contributed by atoms with Gasteiger partial charge in [0.1, 0.15) is 11.6 Å². The van der Waals surface area contributed by atoms with E-state index in [1.54, 1.807) is 7.05 Å². The highest BCUT2D eigenvalue weighted by Crippen LogP contribution is 2.33. The standard InChI is InChI=1S/C13H18F3N3O/c1-8-6-19(7-9(2)20-8)12-5-10(13(14,15)16)4-11(17-3)18-12/h4-5,8-9H,6-7H2,1-3H3,(H,17,18). The first-order valence-electron chi connectivity index (χ1n) is 6.47. The van der Waals surface area contributed by atoms with Crippen molar-refractivity contribution < 1.29 is 17.9 Å². The molecule has 0 amide bonds. The number of hydrogen-bond donors (Lipinski definition) is 1. The minimum atomic E-state index is -4.38. The molecule has 7 heteroatoms. The molecule has 0 bridgehead atoms. The lowest BCUT2D eigenvalue weighted by atomic mass is 10.2. The van der Waals surface area contributed by atoms with E-state index in [0.29, 0.717) is 18.9 Å². The van der Waals surface area contributed by atoms with Crippen LogP contribution in [0.5, 0.6) is 0 Å². The zero-order valence-corrected chi connectivity index (χ0v) is 11.7. The molecule has 0 aliphatic carbocycles. The van der Waals surface area contributed by atoms with E-state index in [2.05, 4.69) is 10.3 Å². The van der Waals surface area contributed by atoms with E-state index < -0.39 is 11.7 Å². The Morgan fingerprint density at radius 3 is 2.35 bits per heavy atom. The maximum atomic E-state index is 12.9. The molecule has 20 heavy (non-hydrogen) atoms. The largest absolute Gasteiger partial charge is 0.416 e. The average molecular weight is 289 g/mol. The Labute approximate surface area is 115 Å². The Balaban J connectivity index is 2.35. The van der Waals surface area contributed by atoms with Crippen molar-refractivity contribution in [3.8, 4) is 0 Å². The molecule has 2 atom stereocenters. The summed E-state index contributed by atoms with van der Waals surface area (Å²) in [6.07, 6.45) is -4.45. The summed E-state index contributed by atoms with van der Waals surface area (Å²) in [6, 6.07) is 2.10. The number of rotatable bonds is 2. The van der Waals surface area contributed by atoms with Crippen molar-refractivity contribution in [2.24, 2.45) is 0 Å². The van der Waals surface area contributed by atoms with Crippen molar-refractivity contribution in [1.29, 1.82) is 0 Å². The van der Waals surface area contributed by atoms with E-state index in [4.69, 9.17) is 4.74 Å². The summed E-state index contributed by atoms with van der Waals surface area (Å²) in [6.45, 7) is 4.86. The van der Waals surface area contributed by atoms with Crippen molar-refractivity contribution >= 4 is 11.6 Å². The molecule has 0 aromatic carbocycles. The molecule has 112 valence electrons. The van der Waals surface area contributed by atoms with Gasteiger partial charge in [0.25, 0.3) is 0 Å². The molecule has 1 fully saturated rings. The number of alkyl halides is 3. The van der Waals surface area contributed by atoms with Crippen molar-refractivity contribution in [3.63, 3.8) is 0 Å². The fraction of sp³-hybridized carbons (Fsp3) is 0.615. The average Bonchev–Trinajstić information content (AvgIpc) is 2.36. The van der Waals surface area contributed by atoms with Crippen LogP contribution in [0.4, 0.5) is 24.8 Å². The van der Waals surface area contributed by atoms with Crippen LogP contribution in [0, 0.1) is 0 Å². The predicted octanol–water partition coefficient (Wildman–Crippen LogP) is 2.76. The zero-order chi connectivity index (χ0) is 14.9. The third-order valence-electron chi connectivity index (χ3n) is 3.14. The molecule has 1 aromatic rings. The molecule has 1 aliphatic heterocycles. The number of hydrogen-bond acceptors (Lipinski definition) is 4. The fourth-order valence-corrected chi connectivity index (χ4v) is 2.33. The quantitative estimate of drug-likeness (QED) is 0.908. The number of pyridine rings is 1. The number of halogens is 3. The molecule has 0 radical (unpaired) electrons. The first-order chi connectivity index (χ1) is 9.29. The summed E-state index contributed by atoms with van der Waals surface area (Å²) < 4.78 is 44.3. The van der Waals surface area contributed by atoms with Crippen molar-refractivity contribution in [2.75, 3.05) is 30.4 Å². The van der Waals surface area contributed by atoms with Crippen LogP contribution in [0.15, 0.2) is 12.1 Å². The lowest BCUT2D eigenvalue weighted by Crippen LogP contribution is -2.46. The van der Waals surface area contributed by atoms with Crippen molar-refractivity contribution in [1.82, 2.24) is 4.98 Å². The number of aromatic nitrogens is 1. The van der Waals surface area contributed by atoms with Gasteiger partial charge in [0.15, 0.2) is 0 Å². The summed E-state index contributed by atoms with van der Waals surface area (Å²) >= 11 is 0. The summed E-state index contributed by atoms with van der Waals surface area (Å²) in [5.41, 5.74) is -0.696. The molecular weight excluding hydrogens is 271 g/mol. The molecule has 0 spiro atoms. The van der Waals surface area contributed by atoms with E-state index in [1.165, 1.54) is 0 Å². The Morgan fingerprint density at radius 2 is 1.85 bits per heavy atom. The van der Waals surface area contributed by atoms with Gasteiger partial charge in [0.2, 0.25) is 0 Å². The summed E-state index contributed by atoms with van der Waals surface area (Å²) in [4.78, 5) is 6.05. The van der Waals surface area contributed by atoms with Crippen LogP contribution in [-0.2, 0) is 10.9 Å². The number of nitrogens with zero attached hydrogens (tertiary/aromatic N) is 2. The first-order valence-corrected chi connectivity index (χ1v) is 6.47. The minimum Gasteiger partial charge on any atom is -0.373 e. The van der Waals surface area contributed by atoms with Crippen LogP contribution in [0.2, 0.25) is 0 Å². The number of nitrogens with one attached hydrogen (secondary N) is 1. The number of ether oxygens (including phenoxy) is 1. The molecule has 0 saturated carbocycles. The summed E-state index contributed by atoms with van der Waals surface area (Å²) in [7, 11) is 1.55. The highest BCUT2D eigenvalue weighted by Gasteiger charge is 2.33. The van der Waals surface area contributed by atoms with Crippen LogP contribution in [0.25, 0.3) is 0 Å². The third-order valence-corrected chi connectivity index (χ3v) is 3.14. The van der Waals surface area contributed by atoms with Gasteiger partial charge in [0, 0.05) is 20.1 Å². The van der Waals surface area contributed by atoms with E-state index in [0.717, 1.165) is 12.1 Å². The van der Waals surface area contributed by atoms with Gasteiger partial charge in [0.05, 0.1) is 17.8 Å². The number of anilines is 2. The van der Waals surface area contributed by atoms with Gasteiger partial charge in [-0.2, -0.15) is 13.2 Å². The van der Waals surface area contributed by atoms with Gasteiger partial charge >= 0.3 is 6.18 Å². The van der Waals surface area contributed by atoms with Crippen molar-refractivity contribution in [3.05, 3.63) is 17.7 Å². The minimum absolute atomic E-state index is 0.0341. The molecule has 2 heterocycles. The Morgan fingerprint density at radius 1 is 1.25 bits per heavy atom. The lowest BCUT2D eigenvalue weighted by Gasteiger charge is -2.36. The highest BCUT2D eigenvalue weighted by atomic mass is 19.4. The Bertz CT molecular complexity index is 468. The van der Waals surface area contributed by atoms with Crippen LogP contribution < -0.4 is 10.2 Å². The van der Waals surface area contributed by atoms with Gasteiger partial charge in [-0.15, -0.1) is 0 Å². The maximum Gasteiger partial charge on any atom is 0.416 e. The predicted molar refractivity (Wildman–Crippen MR) is 71.0 cm³/mol. The molecular formula is C13H18F3N3O. The van der Waals surface area contributed by atoms with Crippen LogP contribution in [0.3, 0.4) is 0 Å². The number of morpholine rings is 1. The SMILES string of the molecule is CNc1cc(C(F)(F)F)cc(N2CC(C)OC(C)C2)n1. The van der Waals surface area contributed by atoms with Gasteiger partial charge in [-0.05, 0) is 26.0 Å². The molecule has 1 saturated heterocycles. The second kappa shape index (κ2) is 5.47. The normalized spacial score (nSPS) is 23.8. The maximum absolute atomic E-state index is 12.9. The molecule has 1 aliphatic rings. The van der Waals surface area contributed by atoms with Crippen LogP contribution >= 0.6 is 0 Å². The summed E-state index contributed by atoms with van der Waals surface area (Å²) in [5, 5.41) is 2.67. The second-order valence-electron chi connectivity index (χ2n) is 5.01. The third kappa shape index (κ3) is 3.33. The van der Waals surface area contributed by atoms with Gasteiger partial charge in [-0.25, -0.2) is 4.98 Å². The molecule has 2 unspecified atom stereocenters. The fourth-order valence-electron chi connectivity index (χ4n) is 2.33. The van der Waals surface area contributed by atoms with Gasteiger partial charge in [-0.3, -0.25) is 0 Å². The smallest absolute Gasteiger partial charge is 0.373 e. The van der Waals surface area contributed by atoms with E-state index >= 15 is 0 Å². The summed E-state index contributed by atoms with van der Waals surface area (Å²) in [5.74, 6) is 0.535. The molecule has 2 rings (SSSR count). The monoisotopic (exact) mass is 289 g/mol. The van der Waals surface area contributed by atoms with Gasteiger partial charge in [-0.1, -0.05) is 0 Å². The van der Waals surface area contributed by atoms with Crippen molar-refractivity contribution in [2.45, 2.75) is 32.2 Å². The molecule has 1 aromatic heterocycles. The first kappa shape index (κ1) is 14.9. The van der Waals surface area contributed by atoms with E-state index in [9.17, 15) is 13.2 Å². The molecule has 1 N–H and O–H groups in total. The Hall–Kier alpha value is -1.50. The zero-order valence-electron chi connectivity index (χ0n) is 11.7. The van der Waals surface area contributed by atoms with Gasteiger partial charge < -0.3 is 15.0 Å². The van der Waals surface area contributed by atoms with E-state index in [1.807, 2.05) is 18.7 Å². The second-order valence-corrected chi connectivity index (χ2v) is 5.01. The Kier molecular flexibility index (Phi) is 4.08. The van der Waals surface area contributed by atoms with E-state index in [-0.39, 0.29) is 18.0 Å². The lowest BCUT2D eigenvalue weighted by molar-refractivity contribution is -0.137. The topological polar surface area (TPSA) is 37.4 Å². The van der Waals surface area contributed by atoms with Crippen LogP contribution in [0.1, 0.15) is 19.4 Å². The molecule has 4 nitrogen and oxygen atoms in total. The van der Waals surface area contributed by atoms with Crippen LogP contribution in [-0.4, -0.2) is 37.3 Å².